The lowest BCUT2D eigenvalue weighted by atomic mass is 10.0. The van der Waals surface area contributed by atoms with Gasteiger partial charge in [0, 0.05) is 10.0 Å². The first kappa shape index (κ1) is 13.3. The molecule has 1 atom stereocenters. The number of fused-ring (bicyclic) bond motifs is 1. The Morgan fingerprint density at radius 2 is 2.17 bits per heavy atom. The van der Waals surface area contributed by atoms with Crippen LogP contribution in [0.4, 0.5) is 0 Å². The Morgan fingerprint density at radius 3 is 2.78 bits per heavy atom. The van der Waals surface area contributed by atoms with Crippen LogP contribution in [0, 0.1) is 19.8 Å². The number of rotatable bonds is 2. The molecule has 0 bridgehead atoms. The first-order valence-corrected chi connectivity index (χ1v) is 6.76. The molecule has 3 nitrogen and oxygen atoms in total. The predicted molar refractivity (Wildman–Crippen MR) is 71.8 cm³/mol. The van der Waals surface area contributed by atoms with Crippen LogP contribution in [0.25, 0.3) is 0 Å². The monoisotopic (exact) mass is 310 g/mol. The van der Waals surface area contributed by atoms with Gasteiger partial charge in [-0.15, -0.1) is 0 Å². The fraction of sp³-hybridized carbons (Fsp3) is 0.429. The molecule has 0 unspecified atom stereocenters. The third-order valence-electron chi connectivity index (χ3n) is 3.32. The fourth-order valence-electron chi connectivity index (χ4n) is 2.47. The zero-order valence-corrected chi connectivity index (χ0v) is 12.3. The number of carbonyl (C=O) groups is 2. The van der Waals surface area contributed by atoms with Crippen molar-refractivity contribution in [3.8, 4) is 0 Å². The number of hydrogen-bond acceptors (Lipinski definition) is 3. The minimum Gasteiger partial charge on any atom is -0.465 e. The zero-order valence-electron chi connectivity index (χ0n) is 10.7. The van der Waals surface area contributed by atoms with Crippen molar-refractivity contribution in [2.75, 3.05) is 6.61 Å². The molecule has 0 radical (unpaired) electrons. The molecule has 1 aliphatic carbocycles. The fourth-order valence-corrected chi connectivity index (χ4v) is 2.78. The van der Waals surface area contributed by atoms with Gasteiger partial charge in [0.25, 0.3) is 0 Å². The molecular formula is C14H15BrO3. The Morgan fingerprint density at radius 1 is 1.50 bits per heavy atom. The minimum absolute atomic E-state index is 0.110. The van der Waals surface area contributed by atoms with Crippen molar-refractivity contribution in [2.45, 2.75) is 27.2 Å². The number of benzene rings is 1. The number of Topliss-reactive ketones (excluding diaryl/α,β-unsaturated/α-hetero) is 1. The summed E-state index contributed by atoms with van der Waals surface area (Å²) in [4.78, 5) is 24.0. The van der Waals surface area contributed by atoms with E-state index in [1.54, 1.807) is 6.92 Å². The molecule has 0 aromatic heterocycles. The second-order valence-electron chi connectivity index (χ2n) is 4.54. The van der Waals surface area contributed by atoms with Crippen LogP contribution in [0.1, 0.15) is 34.0 Å². The van der Waals surface area contributed by atoms with Gasteiger partial charge in [0.1, 0.15) is 5.92 Å². The number of halogens is 1. The molecule has 96 valence electrons. The smallest absolute Gasteiger partial charge is 0.317 e. The Labute approximate surface area is 115 Å². The third kappa shape index (κ3) is 1.99. The van der Waals surface area contributed by atoms with E-state index in [1.165, 1.54) is 0 Å². The second kappa shape index (κ2) is 4.84. The quantitative estimate of drug-likeness (QED) is 0.623. The van der Waals surface area contributed by atoms with Crippen molar-refractivity contribution in [1.29, 1.82) is 0 Å². The Hall–Kier alpha value is -1.16. The maximum absolute atomic E-state index is 12.3. The molecule has 18 heavy (non-hydrogen) atoms. The Kier molecular flexibility index (Phi) is 3.57. The van der Waals surface area contributed by atoms with Crippen molar-refractivity contribution in [3.05, 3.63) is 32.8 Å². The van der Waals surface area contributed by atoms with Crippen molar-refractivity contribution in [3.63, 3.8) is 0 Å². The van der Waals surface area contributed by atoms with E-state index in [-0.39, 0.29) is 5.78 Å². The van der Waals surface area contributed by atoms with Crippen LogP contribution >= 0.6 is 15.9 Å². The molecular weight excluding hydrogens is 296 g/mol. The summed E-state index contributed by atoms with van der Waals surface area (Å²) in [5, 5.41) is 0. The van der Waals surface area contributed by atoms with E-state index in [2.05, 4.69) is 15.9 Å². The minimum atomic E-state index is -0.660. The van der Waals surface area contributed by atoms with E-state index in [0.29, 0.717) is 18.6 Å². The van der Waals surface area contributed by atoms with Crippen molar-refractivity contribution < 1.29 is 14.3 Å². The van der Waals surface area contributed by atoms with Gasteiger partial charge in [-0.05, 0) is 43.9 Å². The van der Waals surface area contributed by atoms with Gasteiger partial charge in [0.05, 0.1) is 6.61 Å². The maximum Gasteiger partial charge on any atom is 0.317 e. The summed E-state index contributed by atoms with van der Waals surface area (Å²) in [6, 6.07) is 1.98. The SMILES string of the molecule is CCOC(=O)[C@H]1Cc2cc(C)c(Br)c(C)c2C1=O. The lowest BCUT2D eigenvalue weighted by Gasteiger charge is -2.08. The van der Waals surface area contributed by atoms with Crippen LogP contribution < -0.4 is 0 Å². The van der Waals surface area contributed by atoms with E-state index in [4.69, 9.17) is 4.74 Å². The van der Waals surface area contributed by atoms with Crippen molar-refractivity contribution >= 4 is 27.7 Å². The topological polar surface area (TPSA) is 43.4 Å². The summed E-state index contributed by atoms with van der Waals surface area (Å²) < 4.78 is 5.90. The lowest BCUT2D eigenvalue weighted by Crippen LogP contribution is -2.23. The summed E-state index contributed by atoms with van der Waals surface area (Å²) in [6.45, 7) is 5.94. The molecule has 0 saturated heterocycles. The van der Waals surface area contributed by atoms with Gasteiger partial charge in [-0.25, -0.2) is 0 Å². The largest absolute Gasteiger partial charge is 0.465 e. The molecule has 1 aliphatic rings. The number of carbonyl (C=O) groups excluding carboxylic acids is 2. The zero-order chi connectivity index (χ0) is 13.4. The highest BCUT2D eigenvalue weighted by Gasteiger charge is 2.38. The van der Waals surface area contributed by atoms with Gasteiger partial charge in [-0.3, -0.25) is 9.59 Å². The van der Waals surface area contributed by atoms with Gasteiger partial charge >= 0.3 is 5.97 Å². The van der Waals surface area contributed by atoms with E-state index >= 15 is 0 Å². The molecule has 0 amide bonds. The van der Waals surface area contributed by atoms with Crippen LogP contribution in [0.3, 0.4) is 0 Å². The van der Waals surface area contributed by atoms with Crippen LogP contribution in [0.2, 0.25) is 0 Å². The lowest BCUT2D eigenvalue weighted by molar-refractivity contribution is -0.145. The molecule has 0 heterocycles. The van der Waals surface area contributed by atoms with Gasteiger partial charge < -0.3 is 4.74 Å². The van der Waals surface area contributed by atoms with Gasteiger partial charge in [0.2, 0.25) is 0 Å². The predicted octanol–water partition coefficient (Wildman–Crippen LogP) is 2.98. The average Bonchev–Trinajstić information content (AvgIpc) is 2.64. The standard InChI is InChI=1S/C14H15BrO3/c1-4-18-14(17)10-6-9-5-7(2)12(15)8(3)11(9)13(10)16/h5,10H,4,6H2,1-3H3/t10-/m0/s1. The molecule has 4 heteroatoms. The first-order chi connectivity index (χ1) is 8.47. The number of esters is 1. The maximum atomic E-state index is 12.3. The molecule has 1 aromatic carbocycles. The van der Waals surface area contributed by atoms with Crippen LogP contribution in [-0.2, 0) is 16.0 Å². The summed E-state index contributed by atoms with van der Waals surface area (Å²) in [6.07, 6.45) is 0.460. The van der Waals surface area contributed by atoms with E-state index in [0.717, 1.165) is 21.2 Å². The van der Waals surface area contributed by atoms with Crippen molar-refractivity contribution in [2.24, 2.45) is 5.92 Å². The van der Waals surface area contributed by atoms with Gasteiger partial charge in [-0.2, -0.15) is 0 Å². The molecule has 1 aromatic rings. The Balaban J connectivity index is 2.43. The van der Waals surface area contributed by atoms with Crippen LogP contribution in [0.15, 0.2) is 10.5 Å². The highest BCUT2D eigenvalue weighted by molar-refractivity contribution is 9.10. The molecule has 0 fully saturated rings. The molecule has 0 saturated carbocycles. The first-order valence-electron chi connectivity index (χ1n) is 5.96. The van der Waals surface area contributed by atoms with Gasteiger partial charge in [0.15, 0.2) is 5.78 Å². The average molecular weight is 311 g/mol. The highest BCUT2D eigenvalue weighted by Crippen LogP contribution is 2.35. The number of ether oxygens (including phenoxy) is 1. The summed E-state index contributed by atoms with van der Waals surface area (Å²) in [5.41, 5.74) is 3.65. The number of aryl methyl sites for hydroxylation is 1. The van der Waals surface area contributed by atoms with E-state index in [1.807, 2.05) is 19.9 Å². The number of hydrogen-bond donors (Lipinski definition) is 0. The molecule has 0 aliphatic heterocycles. The summed E-state index contributed by atoms with van der Waals surface area (Å²) in [7, 11) is 0. The molecule has 2 rings (SSSR count). The van der Waals surface area contributed by atoms with E-state index in [9.17, 15) is 9.59 Å². The van der Waals surface area contributed by atoms with Crippen LogP contribution in [0.5, 0.6) is 0 Å². The molecule has 0 spiro atoms. The third-order valence-corrected chi connectivity index (χ3v) is 4.54. The highest BCUT2D eigenvalue weighted by atomic mass is 79.9. The summed E-state index contributed by atoms with van der Waals surface area (Å²) >= 11 is 3.48. The number of ketones is 1. The van der Waals surface area contributed by atoms with Crippen LogP contribution in [-0.4, -0.2) is 18.4 Å². The van der Waals surface area contributed by atoms with Gasteiger partial charge in [-0.1, -0.05) is 22.0 Å². The van der Waals surface area contributed by atoms with Crippen molar-refractivity contribution in [1.82, 2.24) is 0 Å². The molecule has 0 N–H and O–H groups in total. The second-order valence-corrected chi connectivity index (χ2v) is 5.33. The Bertz CT molecular complexity index is 534. The normalized spacial score (nSPS) is 17.8. The summed E-state index contributed by atoms with van der Waals surface area (Å²) in [5.74, 6) is -1.18. The van der Waals surface area contributed by atoms with E-state index < -0.39 is 11.9 Å².